The van der Waals surface area contributed by atoms with Crippen molar-refractivity contribution in [1.82, 2.24) is 10.2 Å². The summed E-state index contributed by atoms with van der Waals surface area (Å²) in [6, 6.07) is 40.7. The average molecular weight is 565 g/mol. The molecule has 4 aromatic carbocycles. The first-order chi connectivity index (χ1) is 20.2. The highest BCUT2D eigenvalue weighted by Gasteiger charge is 2.30. The number of rotatable bonds is 13. The molecule has 3 atom stereocenters. The zero-order valence-electron chi connectivity index (χ0n) is 25.0. The number of carbonyl (C=O) groups excluding carboxylic acids is 1. The number of hydrogen-bond donors (Lipinski definition) is 2. The van der Waals surface area contributed by atoms with E-state index in [0.29, 0.717) is 32.4 Å². The number of nitrogens with zero attached hydrogens (tertiary/aromatic N) is 1. The SMILES string of the molecule is CC(C)(C)OC(=O)N[C@H](Cc1ccccc1)C[C@@H](O)[C@H](Cc1ccccc1)N(Cc1ccccc1)Cc1ccccc1. The zero-order valence-corrected chi connectivity index (χ0v) is 25.0. The van der Waals surface area contributed by atoms with Crippen molar-refractivity contribution in [3.63, 3.8) is 0 Å². The largest absolute Gasteiger partial charge is 0.444 e. The lowest BCUT2D eigenvalue weighted by Gasteiger charge is -2.37. The van der Waals surface area contributed by atoms with E-state index in [4.69, 9.17) is 4.74 Å². The predicted molar refractivity (Wildman–Crippen MR) is 170 cm³/mol. The van der Waals surface area contributed by atoms with Crippen molar-refractivity contribution in [1.29, 1.82) is 0 Å². The van der Waals surface area contributed by atoms with E-state index in [1.54, 1.807) is 0 Å². The van der Waals surface area contributed by atoms with Gasteiger partial charge in [-0.15, -0.1) is 0 Å². The predicted octanol–water partition coefficient (Wildman–Crippen LogP) is 7.19. The van der Waals surface area contributed by atoms with Gasteiger partial charge in [0.25, 0.3) is 0 Å². The third-order valence-electron chi connectivity index (χ3n) is 7.23. The molecule has 2 N–H and O–H groups in total. The van der Waals surface area contributed by atoms with E-state index in [1.165, 1.54) is 11.1 Å². The molecule has 0 radical (unpaired) electrons. The number of amides is 1. The third-order valence-corrected chi connectivity index (χ3v) is 7.23. The Bertz CT molecular complexity index is 1280. The molecule has 0 bridgehead atoms. The molecule has 5 heteroatoms. The van der Waals surface area contributed by atoms with Gasteiger partial charge in [-0.05, 0) is 62.3 Å². The molecule has 0 unspecified atom stereocenters. The number of nitrogens with one attached hydrogen (secondary N) is 1. The van der Waals surface area contributed by atoms with E-state index >= 15 is 0 Å². The number of ether oxygens (including phenoxy) is 1. The van der Waals surface area contributed by atoms with Gasteiger partial charge in [-0.3, -0.25) is 4.90 Å². The van der Waals surface area contributed by atoms with Gasteiger partial charge in [-0.25, -0.2) is 4.79 Å². The maximum Gasteiger partial charge on any atom is 0.407 e. The van der Waals surface area contributed by atoms with E-state index in [1.807, 2.05) is 69.3 Å². The van der Waals surface area contributed by atoms with Gasteiger partial charge in [0.1, 0.15) is 5.60 Å². The van der Waals surface area contributed by atoms with Crippen molar-refractivity contribution in [3.8, 4) is 0 Å². The highest BCUT2D eigenvalue weighted by Crippen LogP contribution is 2.23. The molecular weight excluding hydrogens is 520 g/mol. The van der Waals surface area contributed by atoms with Crippen LogP contribution in [-0.2, 0) is 30.7 Å². The van der Waals surface area contributed by atoms with Gasteiger partial charge in [-0.1, -0.05) is 121 Å². The van der Waals surface area contributed by atoms with Crippen LogP contribution in [0.1, 0.15) is 49.4 Å². The third kappa shape index (κ3) is 10.5. The molecule has 5 nitrogen and oxygen atoms in total. The fourth-order valence-corrected chi connectivity index (χ4v) is 5.31. The number of benzene rings is 4. The van der Waals surface area contributed by atoms with Crippen LogP contribution in [0.5, 0.6) is 0 Å². The van der Waals surface area contributed by atoms with Crippen molar-refractivity contribution in [2.24, 2.45) is 0 Å². The second-order valence-electron chi connectivity index (χ2n) is 12.0. The highest BCUT2D eigenvalue weighted by atomic mass is 16.6. The summed E-state index contributed by atoms with van der Waals surface area (Å²) in [5.74, 6) is 0. The summed E-state index contributed by atoms with van der Waals surface area (Å²) in [6.07, 6.45) is 0.451. The number of aliphatic hydroxyl groups excluding tert-OH is 1. The minimum Gasteiger partial charge on any atom is -0.444 e. The van der Waals surface area contributed by atoms with Crippen LogP contribution in [-0.4, -0.2) is 39.9 Å². The minimum atomic E-state index is -0.721. The average Bonchev–Trinajstić information content (AvgIpc) is 2.96. The quantitative estimate of drug-likeness (QED) is 0.180. The number of alkyl carbamates (subject to hydrolysis) is 1. The van der Waals surface area contributed by atoms with Crippen molar-refractivity contribution >= 4 is 6.09 Å². The fraction of sp³-hybridized carbons (Fsp3) is 0.324. The molecule has 0 aliphatic heterocycles. The van der Waals surface area contributed by atoms with Crippen LogP contribution in [0.4, 0.5) is 4.79 Å². The van der Waals surface area contributed by atoms with Crippen LogP contribution in [0.2, 0.25) is 0 Å². The summed E-state index contributed by atoms with van der Waals surface area (Å²) in [4.78, 5) is 15.3. The topological polar surface area (TPSA) is 61.8 Å². The molecule has 0 aliphatic carbocycles. The van der Waals surface area contributed by atoms with E-state index < -0.39 is 17.8 Å². The normalized spacial score (nSPS) is 13.7. The van der Waals surface area contributed by atoms with Gasteiger partial charge in [-0.2, -0.15) is 0 Å². The molecule has 0 heterocycles. The monoisotopic (exact) mass is 564 g/mol. The molecule has 0 spiro atoms. The van der Waals surface area contributed by atoms with Crippen LogP contribution >= 0.6 is 0 Å². The summed E-state index contributed by atoms with van der Waals surface area (Å²) in [5.41, 5.74) is 4.01. The van der Waals surface area contributed by atoms with E-state index in [-0.39, 0.29) is 12.1 Å². The van der Waals surface area contributed by atoms with Gasteiger partial charge in [0, 0.05) is 25.2 Å². The van der Waals surface area contributed by atoms with Crippen LogP contribution in [0, 0.1) is 0 Å². The number of carbonyl (C=O) groups is 1. The van der Waals surface area contributed by atoms with Gasteiger partial charge in [0.2, 0.25) is 0 Å². The lowest BCUT2D eigenvalue weighted by molar-refractivity contribution is 0.0234. The second kappa shape index (κ2) is 15.3. The summed E-state index contributed by atoms with van der Waals surface area (Å²) < 4.78 is 5.61. The Hall–Kier alpha value is -3.93. The Labute approximate surface area is 251 Å². The first-order valence-corrected chi connectivity index (χ1v) is 14.8. The molecule has 1 amide bonds. The van der Waals surface area contributed by atoms with Crippen molar-refractivity contribution in [3.05, 3.63) is 144 Å². The molecule has 4 rings (SSSR count). The van der Waals surface area contributed by atoms with Crippen LogP contribution in [0.25, 0.3) is 0 Å². The molecule has 4 aromatic rings. The van der Waals surface area contributed by atoms with Gasteiger partial charge in [0.15, 0.2) is 0 Å². The highest BCUT2D eigenvalue weighted by molar-refractivity contribution is 5.68. The minimum absolute atomic E-state index is 0.202. The summed E-state index contributed by atoms with van der Waals surface area (Å²) in [6.45, 7) is 6.94. The lowest BCUT2D eigenvalue weighted by atomic mass is 9.92. The van der Waals surface area contributed by atoms with Crippen LogP contribution < -0.4 is 5.32 Å². The molecule has 0 saturated heterocycles. The lowest BCUT2D eigenvalue weighted by Crippen LogP contribution is -2.49. The maximum absolute atomic E-state index is 12.9. The summed E-state index contributed by atoms with van der Waals surface area (Å²) >= 11 is 0. The van der Waals surface area contributed by atoms with Crippen molar-refractivity contribution < 1.29 is 14.6 Å². The molecule has 0 aliphatic rings. The Morgan fingerprint density at radius 3 is 1.52 bits per heavy atom. The molecule has 220 valence electrons. The molecule has 0 aromatic heterocycles. The van der Waals surface area contributed by atoms with Gasteiger partial charge < -0.3 is 15.2 Å². The van der Waals surface area contributed by atoms with Gasteiger partial charge in [0.05, 0.1) is 6.10 Å². The van der Waals surface area contributed by atoms with Gasteiger partial charge >= 0.3 is 6.09 Å². The van der Waals surface area contributed by atoms with E-state index in [0.717, 1.165) is 11.1 Å². The Kier molecular flexibility index (Phi) is 11.3. The Morgan fingerprint density at radius 1 is 0.690 bits per heavy atom. The first-order valence-electron chi connectivity index (χ1n) is 14.8. The fourth-order valence-electron chi connectivity index (χ4n) is 5.31. The zero-order chi connectivity index (χ0) is 29.8. The second-order valence-corrected chi connectivity index (χ2v) is 12.0. The van der Waals surface area contributed by atoms with Crippen molar-refractivity contribution in [2.75, 3.05) is 0 Å². The smallest absolute Gasteiger partial charge is 0.407 e. The van der Waals surface area contributed by atoms with E-state index in [2.05, 4.69) is 83.0 Å². The van der Waals surface area contributed by atoms with Crippen LogP contribution in [0.3, 0.4) is 0 Å². The summed E-state index contributed by atoms with van der Waals surface area (Å²) in [7, 11) is 0. The Balaban J connectivity index is 1.64. The molecule has 0 fully saturated rings. The number of hydrogen-bond acceptors (Lipinski definition) is 4. The first kappa shape index (κ1) is 31.0. The molecular formula is C37H44N2O3. The summed E-state index contributed by atoms with van der Waals surface area (Å²) in [5, 5.41) is 15.1. The van der Waals surface area contributed by atoms with E-state index in [9.17, 15) is 9.90 Å². The number of aliphatic hydroxyl groups is 1. The molecule has 0 saturated carbocycles. The Morgan fingerprint density at radius 2 is 1.10 bits per heavy atom. The standard InChI is InChI=1S/C37H44N2O3/c1-37(2,3)42-36(41)38-33(24-29-16-8-4-9-17-29)26-35(40)34(25-30-18-10-5-11-19-30)39(27-31-20-12-6-13-21-31)28-32-22-14-7-15-23-32/h4-23,33-35,40H,24-28H2,1-3H3,(H,38,41)/t33-,34+,35-/m1/s1. The maximum atomic E-state index is 12.9. The molecule has 42 heavy (non-hydrogen) atoms. The van der Waals surface area contributed by atoms with Crippen LogP contribution in [0.15, 0.2) is 121 Å². The van der Waals surface area contributed by atoms with Crippen molar-refractivity contribution in [2.45, 2.75) is 76.9 Å².